The maximum Gasteiger partial charge on any atom is 0.333 e. The molecule has 0 aromatic carbocycles. The molecule has 0 saturated carbocycles. The molecule has 7 heteroatoms. The smallest absolute Gasteiger partial charge is 0.333 e. The van der Waals surface area contributed by atoms with E-state index in [1.165, 1.54) is 27.0 Å². The second-order valence-electron chi connectivity index (χ2n) is 4.34. The van der Waals surface area contributed by atoms with Gasteiger partial charge in [0, 0.05) is 31.9 Å². The molecule has 3 N–H and O–H groups in total. The number of rotatable bonds is 3. The van der Waals surface area contributed by atoms with Crippen LogP contribution in [0.3, 0.4) is 0 Å². The van der Waals surface area contributed by atoms with E-state index in [1.54, 1.807) is 0 Å². The molecular formula is C12H18N2O5. The number of hydrogen-bond donors (Lipinski definition) is 2. The summed E-state index contributed by atoms with van der Waals surface area (Å²) in [4.78, 5) is 33.7. The standard InChI is InChI=1S/C12H18N2O5/c1-6(15)14-11-9(13)4-8(12(17)18-3)5-10(11)19-7(2)16/h4,9-11H,5,13H2,1-3H3,(H,14,15)/t9-,10-,11+/m1/s1. The van der Waals surface area contributed by atoms with Gasteiger partial charge in [-0.25, -0.2) is 4.79 Å². The summed E-state index contributed by atoms with van der Waals surface area (Å²) < 4.78 is 9.73. The lowest BCUT2D eigenvalue weighted by Crippen LogP contribution is -2.56. The summed E-state index contributed by atoms with van der Waals surface area (Å²) in [5, 5.41) is 2.63. The van der Waals surface area contributed by atoms with Crippen LogP contribution >= 0.6 is 0 Å². The molecule has 1 aliphatic carbocycles. The average molecular weight is 270 g/mol. The van der Waals surface area contributed by atoms with Gasteiger partial charge in [0.05, 0.1) is 13.2 Å². The molecule has 0 aliphatic heterocycles. The van der Waals surface area contributed by atoms with Gasteiger partial charge in [-0.05, 0) is 0 Å². The van der Waals surface area contributed by atoms with Gasteiger partial charge in [-0.15, -0.1) is 0 Å². The van der Waals surface area contributed by atoms with Gasteiger partial charge in [0.15, 0.2) is 0 Å². The van der Waals surface area contributed by atoms with Crippen molar-refractivity contribution in [2.75, 3.05) is 7.11 Å². The maximum atomic E-state index is 11.5. The lowest BCUT2D eigenvalue weighted by Gasteiger charge is -2.34. The van der Waals surface area contributed by atoms with Crippen molar-refractivity contribution in [1.82, 2.24) is 5.32 Å². The number of nitrogens with one attached hydrogen (secondary N) is 1. The summed E-state index contributed by atoms with van der Waals surface area (Å²) in [5.74, 6) is -1.31. The van der Waals surface area contributed by atoms with Crippen LogP contribution in [0.5, 0.6) is 0 Å². The number of methoxy groups -OCH3 is 1. The average Bonchev–Trinajstić information content (AvgIpc) is 2.31. The van der Waals surface area contributed by atoms with Crippen LogP contribution in [0.15, 0.2) is 11.6 Å². The van der Waals surface area contributed by atoms with E-state index in [0.29, 0.717) is 5.57 Å². The third-order valence-electron chi connectivity index (χ3n) is 2.76. The second-order valence-corrected chi connectivity index (χ2v) is 4.34. The molecule has 0 fully saturated rings. The summed E-state index contributed by atoms with van der Waals surface area (Å²) >= 11 is 0. The predicted molar refractivity (Wildman–Crippen MR) is 65.9 cm³/mol. The van der Waals surface area contributed by atoms with Crippen molar-refractivity contribution >= 4 is 17.8 Å². The van der Waals surface area contributed by atoms with Crippen LogP contribution in [0.2, 0.25) is 0 Å². The molecule has 3 atom stereocenters. The quantitative estimate of drug-likeness (QED) is 0.653. The topological polar surface area (TPSA) is 108 Å². The van der Waals surface area contributed by atoms with E-state index in [2.05, 4.69) is 10.1 Å². The Morgan fingerprint density at radius 2 is 2.00 bits per heavy atom. The van der Waals surface area contributed by atoms with Gasteiger partial charge in [-0.1, -0.05) is 6.08 Å². The molecule has 1 amide bonds. The third-order valence-corrected chi connectivity index (χ3v) is 2.76. The molecule has 0 radical (unpaired) electrons. The third kappa shape index (κ3) is 4.06. The molecule has 106 valence electrons. The predicted octanol–water partition coefficient (Wildman–Crippen LogP) is -0.747. The van der Waals surface area contributed by atoms with Gasteiger partial charge in [0.1, 0.15) is 6.10 Å². The Bertz CT molecular complexity index is 418. The number of carbonyl (C=O) groups excluding carboxylic acids is 3. The summed E-state index contributed by atoms with van der Waals surface area (Å²) in [5.41, 5.74) is 6.22. The number of hydrogen-bond acceptors (Lipinski definition) is 6. The van der Waals surface area contributed by atoms with E-state index >= 15 is 0 Å². The van der Waals surface area contributed by atoms with Crippen molar-refractivity contribution < 1.29 is 23.9 Å². The van der Waals surface area contributed by atoms with Crippen LogP contribution < -0.4 is 11.1 Å². The number of esters is 2. The zero-order valence-corrected chi connectivity index (χ0v) is 11.1. The van der Waals surface area contributed by atoms with E-state index in [-0.39, 0.29) is 12.3 Å². The van der Waals surface area contributed by atoms with Crippen LogP contribution in [-0.2, 0) is 23.9 Å². The summed E-state index contributed by atoms with van der Waals surface area (Å²) in [7, 11) is 1.26. The number of nitrogens with two attached hydrogens (primary N) is 1. The molecule has 0 spiro atoms. The number of carbonyl (C=O) groups is 3. The fourth-order valence-corrected chi connectivity index (χ4v) is 2.03. The largest absolute Gasteiger partial charge is 0.466 e. The molecule has 1 rings (SSSR count). The zero-order valence-electron chi connectivity index (χ0n) is 11.1. The van der Waals surface area contributed by atoms with Crippen molar-refractivity contribution in [1.29, 1.82) is 0 Å². The normalized spacial score (nSPS) is 26.1. The van der Waals surface area contributed by atoms with Gasteiger partial charge < -0.3 is 20.5 Å². The first-order valence-corrected chi connectivity index (χ1v) is 5.84. The minimum absolute atomic E-state index is 0.158. The molecule has 0 saturated heterocycles. The SMILES string of the molecule is COC(=O)C1=C[C@@H](N)[C@H](NC(C)=O)[C@H](OC(C)=O)C1. The highest BCUT2D eigenvalue weighted by Crippen LogP contribution is 2.22. The lowest BCUT2D eigenvalue weighted by atomic mass is 9.88. The van der Waals surface area contributed by atoms with Crippen LogP contribution in [0.1, 0.15) is 20.3 Å². The highest BCUT2D eigenvalue weighted by atomic mass is 16.5. The molecule has 7 nitrogen and oxygen atoms in total. The van der Waals surface area contributed by atoms with Crippen molar-refractivity contribution in [3.05, 3.63) is 11.6 Å². The molecule has 0 aromatic heterocycles. The van der Waals surface area contributed by atoms with Crippen molar-refractivity contribution in [3.8, 4) is 0 Å². The lowest BCUT2D eigenvalue weighted by molar-refractivity contribution is -0.150. The Balaban J connectivity index is 2.95. The maximum absolute atomic E-state index is 11.5. The minimum atomic E-state index is -0.685. The Hall–Kier alpha value is -1.89. The van der Waals surface area contributed by atoms with Crippen LogP contribution in [0.4, 0.5) is 0 Å². The van der Waals surface area contributed by atoms with Crippen molar-refractivity contribution in [3.63, 3.8) is 0 Å². The number of amides is 1. The van der Waals surface area contributed by atoms with E-state index in [1.807, 2.05) is 0 Å². The Kier molecular flexibility index (Phi) is 5.05. The summed E-state index contributed by atoms with van der Waals surface area (Å²) in [6, 6.07) is -1.19. The summed E-state index contributed by atoms with van der Waals surface area (Å²) in [6.45, 7) is 2.60. The highest BCUT2D eigenvalue weighted by Gasteiger charge is 2.36. The Morgan fingerprint density at radius 1 is 1.37 bits per heavy atom. The first-order chi connectivity index (χ1) is 8.85. The zero-order chi connectivity index (χ0) is 14.6. The van der Waals surface area contributed by atoms with Gasteiger partial charge in [-0.2, -0.15) is 0 Å². The van der Waals surface area contributed by atoms with Crippen LogP contribution in [0.25, 0.3) is 0 Å². The monoisotopic (exact) mass is 270 g/mol. The van der Waals surface area contributed by atoms with Gasteiger partial charge in [0.2, 0.25) is 5.91 Å². The minimum Gasteiger partial charge on any atom is -0.466 e. The Morgan fingerprint density at radius 3 is 2.47 bits per heavy atom. The van der Waals surface area contributed by atoms with Gasteiger partial charge >= 0.3 is 11.9 Å². The number of ether oxygens (including phenoxy) is 2. The second kappa shape index (κ2) is 6.33. The van der Waals surface area contributed by atoms with Crippen LogP contribution in [0, 0.1) is 0 Å². The molecular weight excluding hydrogens is 252 g/mol. The van der Waals surface area contributed by atoms with E-state index in [0.717, 1.165) is 0 Å². The molecule has 0 unspecified atom stereocenters. The van der Waals surface area contributed by atoms with Gasteiger partial charge in [-0.3, -0.25) is 9.59 Å². The van der Waals surface area contributed by atoms with E-state index in [9.17, 15) is 14.4 Å². The first-order valence-electron chi connectivity index (χ1n) is 5.84. The van der Waals surface area contributed by atoms with Gasteiger partial charge in [0.25, 0.3) is 0 Å². The summed E-state index contributed by atoms with van der Waals surface area (Å²) in [6.07, 6.45) is 0.993. The molecule has 0 aromatic rings. The van der Waals surface area contributed by atoms with E-state index in [4.69, 9.17) is 10.5 Å². The molecule has 0 bridgehead atoms. The molecule has 0 heterocycles. The van der Waals surface area contributed by atoms with Crippen LogP contribution in [-0.4, -0.2) is 43.1 Å². The fourth-order valence-electron chi connectivity index (χ4n) is 2.03. The Labute approximate surface area is 111 Å². The molecule has 1 aliphatic rings. The van der Waals surface area contributed by atoms with E-state index < -0.39 is 30.1 Å². The first kappa shape index (κ1) is 15.2. The highest BCUT2D eigenvalue weighted by molar-refractivity contribution is 5.89. The van der Waals surface area contributed by atoms with Crippen molar-refractivity contribution in [2.45, 2.75) is 38.5 Å². The fraction of sp³-hybridized carbons (Fsp3) is 0.583. The molecule has 19 heavy (non-hydrogen) atoms. The van der Waals surface area contributed by atoms with Crippen molar-refractivity contribution in [2.24, 2.45) is 5.73 Å².